The Labute approximate surface area is 154 Å². The Hall–Kier alpha value is -1.99. The van der Waals surface area contributed by atoms with Crippen LogP contribution in [0.2, 0.25) is 0 Å². The first-order valence-electron chi connectivity index (χ1n) is 8.41. The van der Waals surface area contributed by atoms with Crippen LogP contribution in [0.5, 0.6) is 0 Å². The van der Waals surface area contributed by atoms with Crippen LogP contribution in [0.4, 0.5) is 0 Å². The van der Waals surface area contributed by atoms with Crippen molar-refractivity contribution in [2.75, 3.05) is 5.75 Å². The fourth-order valence-electron chi connectivity index (χ4n) is 2.64. The Kier molecular flexibility index (Phi) is 7.51. The molecule has 2 amide bonds. The number of hydrogen-bond acceptors (Lipinski definition) is 5. The quantitative estimate of drug-likeness (QED) is 0.724. The summed E-state index contributed by atoms with van der Waals surface area (Å²) in [5, 5.41) is 24.5. The van der Waals surface area contributed by atoms with E-state index in [4.69, 9.17) is 0 Å². The molecule has 0 aromatic carbocycles. The Morgan fingerprint density at radius 3 is 2.48 bits per heavy atom. The first kappa shape index (κ1) is 21.1. The van der Waals surface area contributed by atoms with Gasteiger partial charge in [0.25, 0.3) is 0 Å². The number of rotatable bonds is 7. The highest BCUT2D eigenvalue weighted by Gasteiger charge is 2.44. The van der Waals surface area contributed by atoms with Crippen LogP contribution in [0.15, 0.2) is 10.6 Å². The molecule has 1 aliphatic heterocycles. The molecule has 0 bridgehead atoms. The standard InChI is InChI=1S/C18H26N4O2S/c1-11(2)6-7-12(3)21-15(23)10-25-17-14(9-20)18(4,5)13(8-19)16(24)22-17/h11-13H,6-7,10H2,1-5H3,(H,21,23)(H,22,24)/t12-,13+/m1/s1. The van der Waals surface area contributed by atoms with Crippen molar-refractivity contribution in [2.45, 2.75) is 53.5 Å². The molecule has 0 aromatic rings. The summed E-state index contributed by atoms with van der Waals surface area (Å²) < 4.78 is 0. The Bertz CT molecular complexity index is 640. The molecular formula is C18H26N4O2S. The maximum absolute atomic E-state index is 12.1. The first-order chi connectivity index (χ1) is 11.6. The van der Waals surface area contributed by atoms with E-state index < -0.39 is 17.2 Å². The van der Waals surface area contributed by atoms with Gasteiger partial charge in [-0.25, -0.2) is 0 Å². The number of nitrogens with zero attached hydrogens (tertiary/aromatic N) is 2. The molecule has 136 valence electrons. The predicted octanol–water partition coefficient (Wildman–Crippen LogP) is 2.69. The largest absolute Gasteiger partial charge is 0.353 e. The number of nitrogens with one attached hydrogen (secondary N) is 2. The lowest BCUT2D eigenvalue weighted by molar-refractivity contribution is -0.125. The van der Waals surface area contributed by atoms with Crippen LogP contribution in [0.3, 0.4) is 0 Å². The molecule has 2 atom stereocenters. The van der Waals surface area contributed by atoms with E-state index >= 15 is 0 Å². The average Bonchev–Trinajstić information content (AvgIpc) is 2.50. The molecule has 0 fully saturated rings. The predicted molar refractivity (Wildman–Crippen MR) is 97.8 cm³/mol. The normalized spacial score (nSPS) is 20.5. The lowest BCUT2D eigenvalue weighted by Gasteiger charge is -2.34. The first-order valence-corrected chi connectivity index (χ1v) is 9.39. The van der Waals surface area contributed by atoms with E-state index in [-0.39, 0.29) is 17.7 Å². The summed E-state index contributed by atoms with van der Waals surface area (Å²) >= 11 is 1.13. The highest BCUT2D eigenvalue weighted by Crippen LogP contribution is 2.41. The maximum Gasteiger partial charge on any atom is 0.243 e. The van der Waals surface area contributed by atoms with Crippen LogP contribution in [0, 0.1) is 39.9 Å². The van der Waals surface area contributed by atoms with Gasteiger partial charge in [-0.2, -0.15) is 10.5 Å². The summed E-state index contributed by atoms with van der Waals surface area (Å²) in [5.74, 6) is -0.790. The number of nitriles is 2. The smallest absolute Gasteiger partial charge is 0.243 e. The van der Waals surface area contributed by atoms with E-state index in [1.165, 1.54) is 0 Å². The summed E-state index contributed by atoms with van der Waals surface area (Å²) in [4.78, 5) is 24.2. The second-order valence-corrected chi connectivity index (χ2v) is 8.30. The molecule has 1 rings (SSSR count). The number of allylic oxidation sites excluding steroid dienone is 1. The Morgan fingerprint density at radius 2 is 1.96 bits per heavy atom. The van der Waals surface area contributed by atoms with Crippen molar-refractivity contribution in [1.29, 1.82) is 10.5 Å². The molecule has 1 heterocycles. The summed E-state index contributed by atoms with van der Waals surface area (Å²) in [6, 6.07) is 4.13. The molecule has 7 heteroatoms. The number of thioether (sulfide) groups is 1. The third-order valence-electron chi connectivity index (χ3n) is 4.26. The molecule has 1 aliphatic rings. The number of carbonyl (C=O) groups is 2. The third kappa shape index (κ3) is 5.51. The van der Waals surface area contributed by atoms with Crippen LogP contribution in [-0.4, -0.2) is 23.6 Å². The number of hydrogen-bond donors (Lipinski definition) is 2. The molecule has 0 aromatic heterocycles. The molecular weight excluding hydrogens is 336 g/mol. The van der Waals surface area contributed by atoms with Crippen molar-refractivity contribution in [3.05, 3.63) is 10.6 Å². The highest BCUT2D eigenvalue weighted by molar-refractivity contribution is 8.03. The van der Waals surface area contributed by atoms with Gasteiger partial charge in [-0.1, -0.05) is 39.5 Å². The van der Waals surface area contributed by atoms with Crippen molar-refractivity contribution in [3.63, 3.8) is 0 Å². The van der Waals surface area contributed by atoms with E-state index in [1.807, 2.05) is 13.0 Å². The third-order valence-corrected chi connectivity index (χ3v) is 5.27. The van der Waals surface area contributed by atoms with E-state index in [2.05, 4.69) is 30.6 Å². The second-order valence-electron chi connectivity index (χ2n) is 7.32. The minimum atomic E-state index is -0.920. The van der Waals surface area contributed by atoms with Gasteiger partial charge in [-0.3, -0.25) is 9.59 Å². The maximum atomic E-state index is 12.1. The van der Waals surface area contributed by atoms with E-state index in [1.54, 1.807) is 13.8 Å². The molecule has 25 heavy (non-hydrogen) atoms. The van der Waals surface area contributed by atoms with Crippen LogP contribution in [0.1, 0.15) is 47.5 Å². The minimum absolute atomic E-state index is 0.0836. The molecule has 0 aliphatic carbocycles. The molecule has 0 spiro atoms. The molecule has 0 saturated carbocycles. The van der Waals surface area contributed by atoms with Gasteiger partial charge in [-0.05, 0) is 25.7 Å². The molecule has 0 saturated heterocycles. The summed E-state index contributed by atoms with van der Waals surface area (Å²) in [6.45, 7) is 9.65. The van der Waals surface area contributed by atoms with Gasteiger partial charge in [0.1, 0.15) is 5.92 Å². The van der Waals surface area contributed by atoms with Gasteiger partial charge in [0.15, 0.2) is 0 Å². The van der Waals surface area contributed by atoms with Gasteiger partial charge in [0.2, 0.25) is 11.8 Å². The highest BCUT2D eigenvalue weighted by atomic mass is 32.2. The van der Waals surface area contributed by atoms with Crippen molar-refractivity contribution < 1.29 is 9.59 Å². The summed E-state index contributed by atoms with van der Waals surface area (Å²) in [5.41, 5.74) is -0.542. The molecule has 0 radical (unpaired) electrons. The molecule has 0 unspecified atom stereocenters. The van der Waals surface area contributed by atoms with E-state index in [0.717, 1.165) is 24.6 Å². The van der Waals surface area contributed by atoms with Crippen molar-refractivity contribution >= 4 is 23.6 Å². The van der Waals surface area contributed by atoms with E-state index in [9.17, 15) is 20.1 Å². The van der Waals surface area contributed by atoms with Crippen LogP contribution in [0.25, 0.3) is 0 Å². The number of carbonyl (C=O) groups excluding carboxylic acids is 2. The lowest BCUT2D eigenvalue weighted by atomic mass is 9.72. The molecule has 2 N–H and O–H groups in total. The fraction of sp³-hybridized carbons (Fsp3) is 0.667. The number of amides is 2. The Morgan fingerprint density at radius 1 is 1.32 bits per heavy atom. The molecule has 6 nitrogen and oxygen atoms in total. The van der Waals surface area contributed by atoms with Crippen molar-refractivity contribution in [1.82, 2.24) is 10.6 Å². The second kappa shape index (κ2) is 8.92. The summed E-state index contributed by atoms with van der Waals surface area (Å²) in [6.07, 6.45) is 1.95. The average molecular weight is 362 g/mol. The van der Waals surface area contributed by atoms with Gasteiger partial charge in [0.05, 0.1) is 28.5 Å². The van der Waals surface area contributed by atoms with Gasteiger partial charge >= 0.3 is 0 Å². The van der Waals surface area contributed by atoms with Gasteiger partial charge in [0, 0.05) is 11.5 Å². The van der Waals surface area contributed by atoms with E-state index in [0.29, 0.717) is 16.5 Å². The van der Waals surface area contributed by atoms with Crippen LogP contribution >= 0.6 is 11.8 Å². The van der Waals surface area contributed by atoms with Crippen LogP contribution < -0.4 is 10.6 Å². The topological polar surface area (TPSA) is 106 Å². The zero-order valence-corrected chi connectivity index (χ0v) is 16.3. The van der Waals surface area contributed by atoms with Crippen molar-refractivity contribution in [2.24, 2.45) is 17.3 Å². The monoisotopic (exact) mass is 362 g/mol. The van der Waals surface area contributed by atoms with Crippen LogP contribution in [-0.2, 0) is 9.59 Å². The van der Waals surface area contributed by atoms with Gasteiger partial charge < -0.3 is 10.6 Å². The minimum Gasteiger partial charge on any atom is -0.353 e. The zero-order chi connectivity index (χ0) is 19.2. The van der Waals surface area contributed by atoms with Gasteiger partial charge in [-0.15, -0.1) is 0 Å². The zero-order valence-electron chi connectivity index (χ0n) is 15.5. The SMILES string of the molecule is CC(C)CC[C@@H](C)NC(=O)CSC1=C(C#N)C(C)(C)[C@@H](C#N)C(=O)N1. The van der Waals surface area contributed by atoms with Crippen molar-refractivity contribution in [3.8, 4) is 12.1 Å². The fourth-order valence-corrected chi connectivity index (χ4v) is 3.63. The lowest BCUT2D eigenvalue weighted by Crippen LogP contribution is -2.44. The Balaban J connectivity index is 2.74. The summed E-state index contributed by atoms with van der Waals surface area (Å²) in [7, 11) is 0.